The maximum atomic E-state index is 6.29. The first kappa shape index (κ1) is 21.6. The van der Waals surface area contributed by atoms with Crippen LogP contribution in [0.25, 0.3) is 22.2 Å². The van der Waals surface area contributed by atoms with Crippen LogP contribution in [0.15, 0.2) is 10.7 Å². The second-order valence-electron chi connectivity index (χ2n) is 9.75. The fourth-order valence-corrected chi connectivity index (χ4v) is 4.77. The Morgan fingerprint density at radius 2 is 1.97 bits per heavy atom. The van der Waals surface area contributed by atoms with Gasteiger partial charge >= 0.3 is 0 Å². The van der Waals surface area contributed by atoms with Gasteiger partial charge < -0.3 is 19.2 Å². The lowest BCUT2D eigenvalue weighted by atomic mass is 9.87. The fourth-order valence-electron chi connectivity index (χ4n) is 4.77. The van der Waals surface area contributed by atoms with Crippen LogP contribution in [0.4, 0.5) is 5.82 Å². The average molecular weight is 440 g/mol. The highest BCUT2D eigenvalue weighted by atomic mass is 16.5. The number of nitrogens with zero attached hydrogens (tertiary/aromatic N) is 4. The van der Waals surface area contributed by atoms with Gasteiger partial charge in [0, 0.05) is 31.6 Å². The topological polar surface area (TPSA) is 85.5 Å². The minimum absolute atomic E-state index is 0.229. The summed E-state index contributed by atoms with van der Waals surface area (Å²) >= 11 is 0. The van der Waals surface area contributed by atoms with Gasteiger partial charge in [-0.3, -0.25) is 4.90 Å². The van der Waals surface area contributed by atoms with Gasteiger partial charge in [0.2, 0.25) is 5.71 Å². The highest BCUT2D eigenvalue weighted by Gasteiger charge is 2.32. The van der Waals surface area contributed by atoms with Gasteiger partial charge in [-0.05, 0) is 38.3 Å². The number of furan rings is 1. The summed E-state index contributed by atoms with van der Waals surface area (Å²) in [4.78, 5) is 16.4. The lowest BCUT2D eigenvalue weighted by molar-refractivity contribution is -0.0402. The van der Waals surface area contributed by atoms with Crippen LogP contribution in [0.5, 0.6) is 0 Å². The molecular formula is C24H33N5O3. The van der Waals surface area contributed by atoms with Crippen LogP contribution < -0.4 is 5.32 Å². The van der Waals surface area contributed by atoms with Crippen LogP contribution in [0, 0.1) is 0 Å². The number of nitrogens with one attached hydrogen (secondary N) is 1. The summed E-state index contributed by atoms with van der Waals surface area (Å²) in [6.07, 6.45) is 3.46. The number of morpholine rings is 1. The monoisotopic (exact) mass is 439 g/mol. The SMILES string of the molecule is CC(C)c1nc2oc3c(NCCCN4CCOCC4)ncnc3c2c2c1COC(C)(C)C2. The second-order valence-corrected chi connectivity index (χ2v) is 9.75. The van der Waals surface area contributed by atoms with Crippen molar-refractivity contribution in [2.24, 2.45) is 0 Å². The first-order valence-electron chi connectivity index (χ1n) is 11.7. The third-order valence-corrected chi connectivity index (χ3v) is 6.45. The van der Waals surface area contributed by atoms with E-state index in [1.807, 2.05) is 0 Å². The molecule has 2 aliphatic heterocycles. The van der Waals surface area contributed by atoms with Gasteiger partial charge in [0.15, 0.2) is 11.4 Å². The molecule has 32 heavy (non-hydrogen) atoms. The van der Waals surface area contributed by atoms with Crippen molar-refractivity contribution in [2.75, 3.05) is 44.7 Å². The van der Waals surface area contributed by atoms with Crippen molar-refractivity contribution in [3.63, 3.8) is 0 Å². The molecule has 0 saturated carbocycles. The summed E-state index contributed by atoms with van der Waals surface area (Å²) in [5.74, 6) is 1.02. The lowest BCUT2D eigenvalue weighted by Crippen LogP contribution is -2.37. The highest BCUT2D eigenvalue weighted by molar-refractivity contribution is 6.06. The number of pyridine rings is 1. The number of hydrogen-bond donors (Lipinski definition) is 1. The summed E-state index contributed by atoms with van der Waals surface area (Å²) < 4.78 is 17.8. The van der Waals surface area contributed by atoms with Gasteiger partial charge in [0.1, 0.15) is 11.8 Å². The number of fused-ring (bicyclic) bond motifs is 5. The van der Waals surface area contributed by atoms with E-state index < -0.39 is 0 Å². The maximum absolute atomic E-state index is 6.29. The smallest absolute Gasteiger partial charge is 0.229 e. The molecule has 3 aromatic rings. The second kappa shape index (κ2) is 8.57. The molecule has 2 aliphatic rings. The quantitative estimate of drug-likeness (QED) is 0.579. The lowest BCUT2D eigenvalue weighted by Gasteiger charge is -2.33. The van der Waals surface area contributed by atoms with E-state index in [1.54, 1.807) is 6.33 Å². The van der Waals surface area contributed by atoms with Crippen molar-refractivity contribution in [1.29, 1.82) is 0 Å². The Balaban J connectivity index is 1.47. The van der Waals surface area contributed by atoms with Crippen molar-refractivity contribution in [2.45, 2.75) is 58.7 Å². The molecule has 0 bridgehead atoms. The zero-order chi connectivity index (χ0) is 22.3. The van der Waals surface area contributed by atoms with E-state index in [-0.39, 0.29) is 11.5 Å². The molecule has 3 aromatic heterocycles. The van der Waals surface area contributed by atoms with Gasteiger partial charge in [0.25, 0.3) is 0 Å². The number of rotatable bonds is 6. The van der Waals surface area contributed by atoms with Crippen molar-refractivity contribution >= 4 is 28.0 Å². The minimum Gasteiger partial charge on any atom is -0.432 e. The first-order valence-corrected chi connectivity index (χ1v) is 11.7. The van der Waals surface area contributed by atoms with E-state index in [1.165, 1.54) is 11.1 Å². The summed E-state index contributed by atoms with van der Waals surface area (Å²) in [7, 11) is 0. The molecule has 0 spiro atoms. The third kappa shape index (κ3) is 4.07. The number of hydrogen-bond acceptors (Lipinski definition) is 8. The molecule has 0 amide bonds. The molecule has 1 fully saturated rings. The standard InChI is InChI=1S/C24H33N5O3/c1-15(2)19-17-13-31-24(3,4)12-16(17)18-20-21(32-23(18)28-19)22(27-14-26-20)25-6-5-7-29-8-10-30-11-9-29/h14-15H,5-13H2,1-4H3,(H,25,26,27). The molecule has 0 unspecified atom stereocenters. The van der Waals surface area contributed by atoms with E-state index in [0.29, 0.717) is 17.9 Å². The highest BCUT2D eigenvalue weighted by Crippen LogP contribution is 2.40. The van der Waals surface area contributed by atoms with Crippen LogP contribution in [-0.4, -0.2) is 64.8 Å². The zero-order valence-electron chi connectivity index (χ0n) is 19.5. The summed E-state index contributed by atoms with van der Waals surface area (Å²) in [6.45, 7) is 14.7. The maximum Gasteiger partial charge on any atom is 0.229 e. The van der Waals surface area contributed by atoms with E-state index >= 15 is 0 Å². The van der Waals surface area contributed by atoms with Crippen molar-refractivity contribution < 1.29 is 13.9 Å². The Morgan fingerprint density at radius 3 is 2.75 bits per heavy atom. The summed E-state index contributed by atoms with van der Waals surface area (Å²) in [5, 5.41) is 4.48. The molecule has 8 heteroatoms. The first-order chi connectivity index (χ1) is 15.4. The number of ether oxygens (including phenoxy) is 2. The van der Waals surface area contributed by atoms with Gasteiger partial charge in [-0.2, -0.15) is 0 Å². The Labute approximate surface area is 188 Å². The molecule has 1 N–H and O–H groups in total. The minimum atomic E-state index is -0.229. The van der Waals surface area contributed by atoms with E-state index in [2.05, 4.69) is 47.9 Å². The van der Waals surface area contributed by atoms with Crippen LogP contribution in [0.1, 0.15) is 56.9 Å². The van der Waals surface area contributed by atoms with Gasteiger partial charge in [-0.25, -0.2) is 15.0 Å². The Hall–Kier alpha value is -2.29. The Bertz CT molecular complexity index is 1120. The van der Waals surface area contributed by atoms with Crippen LogP contribution in [-0.2, 0) is 22.5 Å². The fraction of sp³-hybridized carbons (Fsp3) is 0.625. The van der Waals surface area contributed by atoms with Crippen molar-refractivity contribution in [1.82, 2.24) is 19.9 Å². The molecule has 5 heterocycles. The van der Waals surface area contributed by atoms with Crippen LogP contribution >= 0.6 is 0 Å². The molecular weight excluding hydrogens is 406 g/mol. The van der Waals surface area contributed by atoms with Crippen molar-refractivity contribution in [3.8, 4) is 0 Å². The Kier molecular flexibility index (Phi) is 5.77. The van der Waals surface area contributed by atoms with E-state index in [4.69, 9.17) is 18.9 Å². The molecule has 1 saturated heterocycles. The molecule has 0 aliphatic carbocycles. The largest absolute Gasteiger partial charge is 0.432 e. The predicted octanol–water partition coefficient (Wildman–Crippen LogP) is 3.88. The third-order valence-electron chi connectivity index (χ3n) is 6.45. The Morgan fingerprint density at radius 1 is 1.16 bits per heavy atom. The molecule has 172 valence electrons. The van der Waals surface area contributed by atoms with Crippen molar-refractivity contribution in [3.05, 3.63) is 23.1 Å². The normalized spacial score (nSPS) is 19.0. The summed E-state index contributed by atoms with van der Waals surface area (Å²) in [5.41, 5.74) is 5.44. The number of anilines is 1. The summed E-state index contributed by atoms with van der Waals surface area (Å²) in [6, 6.07) is 0. The molecule has 8 nitrogen and oxygen atoms in total. The van der Waals surface area contributed by atoms with E-state index in [0.717, 1.165) is 74.6 Å². The molecule has 0 radical (unpaired) electrons. The molecule has 0 aromatic carbocycles. The van der Waals surface area contributed by atoms with Gasteiger partial charge in [0.05, 0.1) is 36.5 Å². The van der Waals surface area contributed by atoms with Gasteiger partial charge in [-0.1, -0.05) is 13.8 Å². The number of aromatic nitrogens is 3. The van der Waals surface area contributed by atoms with Crippen LogP contribution in [0.2, 0.25) is 0 Å². The van der Waals surface area contributed by atoms with Crippen LogP contribution in [0.3, 0.4) is 0 Å². The zero-order valence-corrected chi connectivity index (χ0v) is 19.5. The van der Waals surface area contributed by atoms with Gasteiger partial charge in [-0.15, -0.1) is 0 Å². The molecule has 5 rings (SSSR count). The predicted molar refractivity (Wildman–Crippen MR) is 124 cm³/mol. The average Bonchev–Trinajstić information content (AvgIpc) is 3.15. The van der Waals surface area contributed by atoms with E-state index in [9.17, 15) is 0 Å². The molecule has 0 atom stereocenters.